The van der Waals surface area contributed by atoms with E-state index in [9.17, 15) is 0 Å². The maximum absolute atomic E-state index is 2.30. The Morgan fingerprint density at radius 3 is 1.39 bits per heavy atom. The fourth-order valence-electron chi connectivity index (χ4n) is 1.63. The van der Waals surface area contributed by atoms with Crippen LogP contribution >= 0.6 is 0 Å². The van der Waals surface area contributed by atoms with Crippen LogP contribution in [0.4, 0.5) is 0 Å². The first-order chi connectivity index (χ1) is 7.77. The molecule has 0 aromatic heterocycles. The van der Waals surface area contributed by atoms with Gasteiger partial charge in [-0.3, -0.25) is 0 Å². The second-order valence-corrected chi connectivity index (χ2v) is 6.06. The van der Waals surface area contributed by atoms with Gasteiger partial charge in [0.1, 0.15) is 0 Å². The van der Waals surface area contributed by atoms with Crippen LogP contribution < -0.4 is 0 Å². The highest BCUT2D eigenvalue weighted by Gasteiger charge is 2.19. The van der Waals surface area contributed by atoms with Gasteiger partial charge in [-0.05, 0) is 28.4 Å². The first kappa shape index (κ1) is 19.6. The molecule has 0 unspecified atom stereocenters. The van der Waals surface area contributed by atoms with E-state index in [1.165, 1.54) is 17.5 Å². The Bertz CT molecular complexity index is 309. The lowest BCUT2D eigenvalue weighted by Crippen LogP contribution is -2.16. The molecule has 0 aliphatic carbocycles. The Hall–Kier alpha value is -0.780. The highest BCUT2D eigenvalue weighted by atomic mass is 14.2. The van der Waals surface area contributed by atoms with Gasteiger partial charge in [0, 0.05) is 0 Å². The van der Waals surface area contributed by atoms with Crippen LogP contribution in [0.25, 0.3) is 0 Å². The summed E-state index contributed by atoms with van der Waals surface area (Å²) in [5, 5.41) is 0. The molecule has 0 saturated heterocycles. The van der Waals surface area contributed by atoms with Gasteiger partial charge in [-0.1, -0.05) is 87.1 Å². The Morgan fingerprint density at radius 1 is 0.778 bits per heavy atom. The summed E-state index contributed by atoms with van der Waals surface area (Å²) in [6.45, 7) is 17.6. The Morgan fingerprint density at radius 2 is 1.11 bits per heavy atom. The van der Waals surface area contributed by atoms with E-state index in [2.05, 4.69) is 65.8 Å². The van der Waals surface area contributed by atoms with E-state index in [0.29, 0.717) is 5.41 Å². The molecular formula is C18H34. The molecule has 0 nitrogen and oxygen atoms in total. The largest absolute Gasteiger partial charge is 0.0776 e. The Balaban J connectivity index is 0. The standard InChI is InChI=1S/C15H24.C2H6.CH4/c1-7-15(5,6)13-10-8-12(9-11-13)14(2,3)4;1-2;/h8-11H,7H2,1-6H3;1-2H3;1H4. The van der Waals surface area contributed by atoms with Crippen LogP contribution in [0, 0.1) is 0 Å². The van der Waals surface area contributed by atoms with Gasteiger partial charge in [-0.15, -0.1) is 0 Å². The second kappa shape index (κ2) is 7.61. The zero-order chi connectivity index (χ0) is 13.7. The van der Waals surface area contributed by atoms with E-state index < -0.39 is 0 Å². The third-order valence-corrected chi connectivity index (χ3v) is 3.42. The fourth-order valence-corrected chi connectivity index (χ4v) is 1.63. The van der Waals surface area contributed by atoms with E-state index >= 15 is 0 Å². The van der Waals surface area contributed by atoms with Crippen molar-refractivity contribution in [3.63, 3.8) is 0 Å². The summed E-state index contributed by atoms with van der Waals surface area (Å²) in [7, 11) is 0. The van der Waals surface area contributed by atoms with Gasteiger partial charge in [0.2, 0.25) is 0 Å². The summed E-state index contributed by atoms with van der Waals surface area (Å²) in [6.07, 6.45) is 1.18. The van der Waals surface area contributed by atoms with Crippen LogP contribution in [0.5, 0.6) is 0 Å². The van der Waals surface area contributed by atoms with Crippen molar-refractivity contribution in [1.29, 1.82) is 0 Å². The normalized spacial score (nSPS) is 11.1. The van der Waals surface area contributed by atoms with Crippen molar-refractivity contribution in [2.75, 3.05) is 0 Å². The lowest BCUT2D eigenvalue weighted by molar-refractivity contribution is 0.505. The third kappa shape index (κ3) is 5.25. The van der Waals surface area contributed by atoms with Gasteiger partial charge in [0.15, 0.2) is 0 Å². The molecule has 0 bridgehead atoms. The number of hydrogen-bond acceptors (Lipinski definition) is 0. The van der Waals surface area contributed by atoms with Crippen LogP contribution in [0.3, 0.4) is 0 Å². The molecule has 1 aromatic rings. The van der Waals surface area contributed by atoms with E-state index in [4.69, 9.17) is 0 Å². The van der Waals surface area contributed by atoms with E-state index in [-0.39, 0.29) is 12.8 Å². The minimum absolute atomic E-state index is 0. The van der Waals surface area contributed by atoms with Gasteiger partial charge in [-0.25, -0.2) is 0 Å². The van der Waals surface area contributed by atoms with E-state index in [1.54, 1.807) is 0 Å². The molecule has 0 N–H and O–H groups in total. The molecule has 0 heterocycles. The number of benzene rings is 1. The molecular weight excluding hydrogens is 216 g/mol. The molecule has 0 aliphatic rings. The average Bonchev–Trinajstić information content (AvgIpc) is 2.31. The zero-order valence-electron chi connectivity index (χ0n) is 13.0. The molecule has 0 heteroatoms. The first-order valence-electron chi connectivity index (χ1n) is 6.88. The van der Waals surface area contributed by atoms with Gasteiger partial charge in [0.25, 0.3) is 0 Å². The zero-order valence-corrected chi connectivity index (χ0v) is 13.0. The minimum Gasteiger partial charge on any atom is -0.0776 e. The molecule has 0 aliphatic heterocycles. The van der Waals surface area contributed by atoms with Gasteiger partial charge in [-0.2, -0.15) is 0 Å². The average molecular weight is 250 g/mol. The summed E-state index contributed by atoms with van der Waals surface area (Å²) in [5.41, 5.74) is 3.42. The quantitative estimate of drug-likeness (QED) is 0.575. The predicted octanol–water partition coefficient (Wildman–Crippen LogP) is 6.33. The maximum Gasteiger partial charge on any atom is -0.0106 e. The van der Waals surface area contributed by atoms with Gasteiger partial charge >= 0.3 is 0 Å². The van der Waals surface area contributed by atoms with Crippen LogP contribution in [-0.2, 0) is 10.8 Å². The van der Waals surface area contributed by atoms with Gasteiger partial charge in [0.05, 0.1) is 0 Å². The predicted molar refractivity (Wildman–Crippen MR) is 86.5 cm³/mol. The van der Waals surface area contributed by atoms with Crippen LogP contribution in [0.2, 0.25) is 0 Å². The summed E-state index contributed by atoms with van der Waals surface area (Å²) in [5.74, 6) is 0. The molecule has 0 amide bonds. The summed E-state index contributed by atoms with van der Waals surface area (Å²) >= 11 is 0. The first-order valence-corrected chi connectivity index (χ1v) is 6.88. The number of hydrogen-bond donors (Lipinski definition) is 0. The summed E-state index contributed by atoms with van der Waals surface area (Å²) < 4.78 is 0. The van der Waals surface area contributed by atoms with Crippen LogP contribution in [-0.4, -0.2) is 0 Å². The third-order valence-electron chi connectivity index (χ3n) is 3.42. The summed E-state index contributed by atoms with van der Waals surface area (Å²) in [4.78, 5) is 0. The monoisotopic (exact) mass is 250 g/mol. The molecule has 0 spiro atoms. The molecule has 1 rings (SSSR count). The smallest absolute Gasteiger partial charge is 0.0106 e. The second-order valence-electron chi connectivity index (χ2n) is 6.06. The molecule has 106 valence electrons. The van der Waals surface area contributed by atoms with Crippen molar-refractivity contribution in [2.45, 2.75) is 80.1 Å². The highest BCUT2D eigenvalue weighted by molar-refractivity contribution is 5.31. The lowest BCUT2D eigenvalue weighted by Gasteiger charge is -2.25. The Kier molecular flexibility index (Phi) is 8.27. The molecule has 1 aromatic carbocycles. The number of rotatable bonds is 2. The van der Waals surface area contributed by atoms with E-state index in [1.807, 2.05) is 13.8 Å². The van der Waals surface area contributed by atoms with Crippen molar-refractivity contribution >= 4 is 0 Å². The molecule has 0 saturated carbocycles. The topological polar surface area (TPSA) is 0 Å². The molecule has 0 radical (unpaired) electrons. The van der Waals surface area contributed by atoms with Crippen molar-refractivity contribution in [3.8, 4) is 0 Å². The van der Waals surface area contributed by atoms with Crippen molar-refractivity contribution < 1.29 is 0 Å². The molecule has 0 atom stereocenters. The van der Waals surface area contributed by atoms with Crippen LogP contribution in [0.1, 0.15) is 80.4 Å². The lowest BCUT2D eigenvalue weighted by atomic mass is 9.80. The van der Waals surface area contributed by atoms with E-state index in [0.717, 1.165) is 0 Å². The molecule has 0 fully saturated rings. The van der Waals surface area contributed by atoms with Crippen molar-refractivity contribution in [3.05, 3.63) is 35.4 Å². The highest BCUT2D eigenvalue weighted by Crippen LogP contribution is 2.29. The minimum atomic E-state index is 0. The van der Waals surface area contributed by atoms with Crippen LogP contribution in [0.15, 0.2) is 24.3 Å². The summed E-state index contributed by atoms with van der Waals surface area (Å²) in [6, 6.07) is 9.10. The molecule has 18 heavy (non-hydrogen) atoms. The van der Waals surface area contributed by atoms with Gasteiger partial charge < -0.3 is 0 Å². The van der Waals surface area contributed by atoms with Crippen molar-refractivity contribution in [2.24, 2.45) is 0 Å². The fraction of sp³-hybridized carbons (Fsp3) is 0.667. The van der Waals surface area contributed by atoms with Crippen molar-refractivity contribution in [1.82, 2.24) is 0 Å². The maximum atomic E-state index is 2.30. The SMILES string of the molecule is C.CC.CCC(C)(C)c1ccc(C(C)(C)C)cc1. The Labute approximate surface area is 116 Å².